The lowest BCUT2D eigenvalue weighted by atomic mass is 9.98. The van der Waals surface area contributed by atoms with Gasteiger partial charge >= 0.3 is 0 Å². The van der Waals surface area contributed by atoms with Crippen molar-refractivity contribution < 1.29 is 17.6 Å². The van der Waals surface area contributed by atoms with E-state index in [-0.39, 0.29) is 23.3 Å². The van der Waals surface area contributed by atoms with E-state index in [0.717, 1.165) is 25.0 Å². The predicted octanol–water partition coefficient (Wildman–Crippen LogP) is 4.13. The minimum Gasteiger partial charge on any atom is -0.356 e. The van der Waals surface area contributed by atoms with Crippen LogP contribution >= 0.6 is 0 Å². The van der Waals surface area contributed by atoms with Crippen molar-refractivity contribution in [1.29, 1.82) is 0 Å². The summed E-state index contributed by atoms with van der Waals surface area (Å²) >= 11 is 0. The molecule has 1 saturated heterocycles. The molecule has 0 radical (unpaired) electrons. The minimum atomic E-state index is -3.74. The first kappa shape index (κ1) is 22.4. The van der Waals surface area contributed by atoms with Gasteiger partial charge in [0.05, 0.1) is 10.8 Å². The fourth-order valence-corrected chi connectivity index (χ4v) is 5.80. The number of aryl methyl sites for hydroxylation is 1. The maximum absolute atomic E-state index is 13.2. The molecule has 1 atom stereocenters. The van der Waals surface area contributed by atoms with Crippen LogP contribution in [0.3, 0.4) is 0 Å². The van der Waals surface area contributed by atoms with Gasteiger partial charge in [-0.3, -0.25) is 4.79 Å². The SMILES string of the molecule is O=C(NCCCc1cccc2ccccc12)[C@@H]1CCCN(S(=O)(=O)c2ccc(F)cc2)C1. The maximum Gasteiger partial charge on any atom is 0.243 e. The second kappa shape index (κ2) is 9.79. The van der Waals surface area contributed by atoms with E-state index in [9.17, 15) is 17.6 Å². The van der Waals surface area contributed by atoms with Crippen LogP contribution in [0.4, 0.5) is 4.39 Å². The van der Waals surface area contributed by atoms with Crippen molar-refractivity contribution in [2.24, 2.45) is 5.92 Å². The van der Waals surface area contributed by atoms with Crippen molar-refractivity contribution in [2.45, 2.75) is 30.6 Å². The lowest BCUT2D eigenvalue weighted by molar-refractivity contribution is -0.126. The van der Waals surface area contributed by atoms with Crippen LogP contribution in [0.25, 0.3) is 10.8 Å². The van der Waals surface area contributed by atoms with Gasteiger partial charge in [-0.25, -0.2) is 12.8 Å². The summed E-state index contributed by atoms with van der Waals surface area (Å²) in [5.74, 6) is -0.971. The topological polar surface area (TPSA) is 66.5 Å². The van der Waals surface area contributed by atoms with E-state index in [1.54, 1.807) is 0 Å². The molecule has 3 aromatic carbocycles. The molecule has 1 fully saturated rings. The molecule has 5 nitrogen and oxygen atoms in total. The Labute approximate surface area is 188 Å². The third kappa shape index (κ3) is 5.00. The molecule has 168 valence electrons. The van der Waals surface area contributed by atoms with E-state index >= 15 is 0 Å². The van der Waals surface area contributed by atoms with E-state index in [2.05, 4.69) is 35.6 Å². The number of amides is 1. The lowest BCUT2D eigenvalue weighted by Gasteiger charge is -2.31. The predicted molar refractivity (Wildman–Crippen MR) is 123 cm³/mol. The van der Waals surface area contributed by atoms with Crippen molar-refractivity contribution in [3.05, 3.63) is 78.1 Å². The fourth-order valence-electron chi connectivity index (χ4n) is 4.28. The van der Waals surface area contributed by atoms with Gasteiger partial charge in [-0.15, -0.1) is 0 Å². The van der Waals surface area contributed by atoms with E-state index in [4.69, 9.17) is 0 Å². The molecule has 0 spiro atoms. The Morgan fingerprint density at radius 1 is 1.03 bits per heavy atom. The second-order valence-electron chi connectivity index (χ2n) is 8.19. The first-order chi connectivity index (χ1) is 15.4. The molecule has 1 amide bonds. The molecule has 1 N–H and O–H groups in total. The fraction of sp³-hybridized carbons (Fsp3) is 0.320. The molecule has 7 heteroatoms. The molecular weight excluding hydrogens is 427 g/mol. The number of carbonyl (C=O) groups is 1. The number of hydrogen-bond donors (Lipinski definition) is 1. The number of rotatable bonds is 7. The average Bonchev–Trinajstić information content (AvgIpc) is 2.82. The van der Waals surface area contributed by atoms with Gasteiger partial charge in [0.2, 0.25) is 15.9 Å². The molecular formula is C25H27FN2O3S. The Balaban J connectivity index is 1.31. The smallest absolute Gasteiger partial charge is 0.243 e. The number of benzene rings is 3. The zero-order valence-corrected chi connectivity index (χ0v) is 18.7. The Morgan fingerprint density at radius 2 is 1.78 bits per heavy atom. The third-order valence-electron chi connectivity index (χ3n) is 6.01. The van der Waals surface area contributed by atoms with Gasteiger partial charge in [-0.05, 0) is 66.3 Å². The summed E-state index contributed by atoms with van der Waals surface area (Å²) in [5, 5.41) is 5.42. The molecule has 0 aliphatic carbocycles. The first-order valence-electron chi connectivity index (χ1n) is 11.0. The van der Waals surface area contributed by atoms with Crippen LogP contribution in [0.5, 0.6) is 0 Å². The van der Waals surface area contributed by atoms with Crippen LogP contribution < -0.4 is 5.32 Å². The van der Waals surface area contributed by atoms with Gasteiger partial charge in [0, 0.05) is 19.6 Å². The van der Waals surface area contributed by atoms with Gasteiger partial charge in [0.1, 0.15) is 5.82 Å². The summed E-state index contributed by atoms with van der Waals surface area (Å²) in [6, 6.07) is 19.3. The number of nitrogens with one attached hydrogen (secondary N) is 1. The Hall–Kier alpha value is -2.77. The Kier molecular flexibility index (Phi) is 6.86. The van der Waals surface area contributed by atoms with E-state index < -0.39 is 15.8 Å². The van der Waals surface area contributed by atoms with Crippen molar-refractivity contribution in [2.75, 3.05) is 19.6 Å². The van der Waals surface area contributed by atoms with Gasteiger partial charge in [-0.2, -0.15) is 4.31 Å². The van der Waals surface area contributed by atoms with E-state index in [0.29, 0.717) is 25.9 Å². The Bertz CT molecular complexity index is 1190. The Morgan fingerprint density at radius 3 is 2.59 bits per heavy atom. The number of carbonyl (C=O) groups excluding carboxylic acids is 1. The minimum absolute atomic E-state index is 0.0510. The number of fused-ring (bicyclic) bond motifs is 1. The van der Waals surface area contributed by atoms with Crippen LogP contribution in [0.1, 0.15) is 24.8 Å². The van der Waals surface area contributed by atoms with Gasteiger partial charge in [-0.1, -0.05) is 42.5 Å². The van der Waals surface area contributed by atoms with Crippen LogP contribution in [0, 0.1) is 11.7 Å². The summed E-state index contributed by atoms with van der Waals surface area (Å²) in [4.78, 5) is 12.7. The molecule has 0 bridgehead atoms. The highest BCUT2D eigenvalue weighted by atomic mass is 32.2. The number of nitrogens with zero attached hydrogens (tertiary/aromatic N) is 1. The average molecular weight is 455 g/mol. The molecule has 0 unspecified atom stereocenters. The zero-order chi connectivity index (χ0) is 22.6. The van der Waals surface area contributed by atoms with Crippen LogP contribution in [0.2, 0.25) is 0 Å². The summed E-state index contributed by atoms with van der Waals surface area (Å²) in [7, 11) is -3.74. The summed E-state index contributed by atoms with van der Waals surface area (Å²) in [6.07, 6.45) is 2.94. The van der Waals surface area contributed by atoms with Crippen molar-refractivity contribution in [3.63, 3.8) is 0 Å². The molecule has 0 aromatic heterocycles. The largest absolute Gasteiger partial charge is 0.356 e. The maximum atomic E-state index is 13.2. The van der Waals surface area contributed by atoms with Crippen molar-refractivity contribution in [1.82, 2.24) is 9.62 Å². The summed E-state index contributed by atoms with van der Waals surface area (Å²) < 4.78 is 40.2. The quantitative estimate of drug-likeness (QED) is 0.546. The second-order valence-corrected chi connectivity index (χ2v) is 10.1. The highest BCUT2D eigenvalue weighted by Gasteiger charge is 2.33. The van der Waals surface area contributed by atoms with Crippen LogP contribution in [-0.2, 0) is 21.2 Å². The van der Waals surface area contributed by atoms with Gasteiger partial charge in [0.15, 0.2) is 0 Å². The third-order valence-corrected chi connectivity index (χ3v) is 7.89. The van der Waals surface area contributed by atoms with Crippen molar-refractivity contribution >= 4 is 26.7 Å². The lowest BCUT2D eigenvalue weighted by Crippen LogP contribution is -2.45. The van der Waals surface area contributed by atoms with Gasteiger partial charge < -0.3 is 5.32 Å². The number of halogens is 1. The number of hydrogen-bond acceptors (Lipinski definition) is 3. The molecule has 1 aliphatic rings. The molecule has 3 aromatic rings. The monoisotopic (exact) mass is 454 g/mol. The summed E-state index contributed by atoms with van der Waals surface area (Å²) in [6.45, 7) is 1.06. The summed E-state index contributed by atoms with van der Waals surface area (Å²) in [5.41, 5.74) is 1.26. The van der Waals surface area contributed by atoms with E-state index in [1.807, 2.05) is 12.1 Å². The molecule has 1 aliphatic heterocycles. The standard InChI is InChI=1S/C25H27FN2O3S/c26-22-12-14-23(15-13-22)32(30,31)28-17-5-10-21(18-28)25(29)27-16-4-9-20-8-3-7-19-6-1-2-11-24(19)20/h1-3,6-8,11-15,21H,4-5,9-10,16-18H2,(H,27,29)/t21-/m1/s1. The van der Waals surface area contributed by atoms with Crippen LogP contribution in [0.15, 0.2) is 71.6 Å². The number of piperidine rings is 1. The molecule has 4 rings (SSSR count). The zero-order valence-electron chi connectivity index (χ0n) is 17.8. The highest BCUT2D eigenvalue weighted by molar-refractivity contribution is 7.89. The van der Waals surface area contributed by atoms with Crippen molar-refractivity contribution in [3.8, 4) is 0 Å². The molecule has 1 heterocycles. The molecule has 32 heavy (non-hydrogen) atoms. The normalized spacial score (nSPS) is 17.3. The van der Waals surface area contributed by atoms with E-state index in [1.165, 1.54) is 32.8 Å². The first-order valence-corrected chi connectivity index (χ1v) is 12.4. The highest BCUT2D eigenvalue weighted by Crippen LogP contribution is 2.24. The number of sulfonamides is 1. The van der Waals surface area contributed by atoms with Crippen LogP contribution in [-0.4, -0.2) is 38.3 Å². The molecule has 0 saturated carbocycles. The van der Waals surface area contributed by atoms with Gasteiger partial charge in [0.25, 0.3) is 0 Å².